The van der Waals surface area contributed by atoms with Crippen LogP contribution in [0.4, 0.5) is 13.2 Å². The van der Waals surface area contributed by atoms with Gasteiger partial charge in [-0.15, -0.1) is 0 Å². The molecule has 0 saturated heterocycles. The Kier molecular flexibility index (Phi) is 2.24. The Hall–Kier alpha value is -1.92. The molecule has 0 amide bonds. The number of benzene rings is 1. The van der Waals surface area contributed by atoms with E-state index in [0.717, 1.165) is 0 Å². The van der Waals surface area contributed by atoms with Gasteiger partial charge in [0.15, 0.2) is 23.1 Å². The Bertz CT molecular complexity index is 387. The zero-order valence-electron chi connectivity index (χ0n) is 6.38. The van der Waals surface area contributed by atoms with Crippen molar-refractivity contribution in [1.82, 2.24) is 0 Å². The average Bonchev–Trinajstić information content (AvgIpc) is 2.11. The number of carboxylic acid groups (broad SMARTS) is 1. The van der Waals surface area contributed by atoms with Gasteiger partial charge in [0.2, 0.25) is 5.82 Å². The van der Waals surface area contributed by atoms with E-state index in [1.54, 1.807) is 0 Å². The highest BCUT2D eigenvalue weighted by molar-refractivity contribution is 5.89. The molecule has 1 aromatic carbocycles. The van der Waals surface area contributed by atoms with Crippen LogP contribution in [0, 0.1) is 17.5 Å². The quantitative estimate of drug-likeness (QED) is 0.648. The van der Waals surface area contributed by atoms with E-state index >= 15 is 0 Å². The monoisotopic (exact) mass is 208 g/mol. The molecule has 0 bridgehead atoms. The highest BCUT2D eigenvalue weighted by Gasteiger charge is 2.28. The summed E-state index contributed by atoms with van der Waals surface area (Å²) in [7, 11) is 0. The lowest BCUT2D eigenvalue weighted by Gasteiger charge is -2.05. The summed E-state index contributed by atoms with van der Waals surface area (Å²) < 4.78 is 38.0. The zero-order chi connectivity index (χ0) is 11.0. The maximum atomic E-state index is 12.7. The van der Waals surface area contributed by atoms with Crippen LogP contribution in [0.3, 0.4) is 0 Å². The van der Waals surface area contributed by atoms with E-state index in [-0.39, 0.29) is 0 Å². The molecule has 3 N–H and O–H groups in total. The molecule has 0 saturated carbocycles. The third-order valence-electron chi connectivity index (χ3n) is 1.48. The minimum Gasteiger partial charge on any atom is -0.503 e. The standard InChI is InChI=1S/C7H3F3O4/c8-2-1(7(13)14)3(9)6(12)4(10)5(2)11/h11-12H,(H,13,14). The second kappa shape index (κ2) is 3.09. The summed E-state index contributed by atoms with van der Waals surface area (Å²) >= 11 is 0. The highest BCUT2D eigenvalue weighted by Crippen LogP contribution is 2.33. The predicted molar refractivity (Wildman–Crippen MR) is 36.6 cm³/mol. The van der Waals surface area contributed by atoms with Crippen LogP contribution in [0.2, 0.25) is 0 Å². The van der Waals surface area contributed by atoms with E-state index in [1.165, 1.54) is 0 Å². The molecule has 0 radical (unpaired) electrons. The minimum atomic E-state index is -2.06. The number of rotatable bonds is 1. The van der Waals surface area contributed by atoms with Crippen LogP contribution in [0.5, 0.6) is 11.5 Å². The van der Waals surface area contributed by atoms with Gasteiger partial charge in [0.05, 0.1) is 0 Å². The summed E-state index contributed by atoms with van der Waals surface area (Å²) in [6.07, 6.45) is 0. The third kappa shape index (κ3) is 1.22. The first kappa shape index (κ1) is 10.2. The number of hydrogen-bond acceptors (Lipinski definition) is 3. The topological polar surface area (TPSA) is 77.8 Å². The number of carboxylic acids is 1. The first-order chi connectivity index (χ1) is 6.37. The lowest BCUT2D eigenvalue weighted by Crippen LogP contribution is -2.06. The summed E-state index contributed by atoms with van der Waals surface area (Å²) in [5, 5.41) is 25.5. The van der Waals surface area contributed by atoms with Crippen molar-refractivity contribution >= 4 is 5.97 Å². The summed E-state index contributed by atoms with van der Waals surface area (Å²) in [4.78, 5) is 10.2. The molecule has 0 fully saturated rings. The smallest absolute Gasteiger partial charge is 0.342 e. The molecule has 0 aromatic heterocycles. The molecule has 0 aliphatic heterocycles. The van der Waals surface area contributed by atoms with E-state index in [2.05, 4.69) is 0 Å². The fraction of sp³-hybridized carbons (Fsp3) is 0. The fourth-order valence-corrected chi connectivity index (χ4v) is 0.826. The second-order valence-electron chi connectivity index (χ2n) is 2.32. The molecular formula is C7H3F3O4. The first-order valence-corrected chi connectivity index (χ1v) is 3.19. The molecule has 0 atom stereocenters. The molecule has 0 heterocycles. The normalized spacial score (nSPS) is 10.2. The van der Waals surface area contributed by atoms with Crippen LogP contribution in [0.15, 0.2) is 0 Å². The zero-order valence-corrected chi connectivity index (χ0v) is 6.38. The molecule has 0 aliphatic rings. The van der Waals surface area contributed by atoms with Crippen LogP contribution in [-0.4, -0.2) is 21.3 Å². The van der Waals surface area contributed by atoms with E-state index in [4.69, 9.17) is 15.3 Å². The van der Waals surface area contributed by atoms with Crippen LogP contribution >= 0.6 is 0 Å². The SMILES string of the molecule is O=C(O)c1c(F)c(O)c(F)c(O)c1F. The molecule has 14 heavy (non-hydrogen) atoms. The summed E-state index contributed by atoms with van der Waals surface area (Å²) in [5.41, 5.74) is -1.61. The molecule has 1 rings (SSSR count). The maximum absolute atomic E-state index is 12.7. The Morgan fingerprint density at radius 3 is 1.57 bits per heavy atom. The van der Waals surface area contributed by atoms with Gasteiger partial charge in [-0.05, 0) is 0 Å². The number of aromatic carboxylic acids is 1. The van der Waals surface area contributed by atoms with Gasteiger partial charge in [-0.3, -0.25) is 0 Å². The Labute approximate surface area is 74.8 Å². The Morgan fingerprint density at radius 1 is 0.929 bits per heavy atom. The summed E-state index contributed by atoms with van der Waals surface area (Å²) in [6.45, 7) is 0. The highest BCUT2D eigenvalue weighted by atomic mass is 19.1. The summed E-state index contributed by atoms with van der Waals surface area (Å²) in [5.74, 6) is -11.4. The number of carbonyl (C=O) groups is 1. The van der Waals surface area contributed by atoms with E-state index in [0.29, 0.717) is 0 Å². The van der Waals surface area contributed by atoms with Crippen molar-refractivity contribution in [3.8, 4) is 11.5 Å². The van der Waals surface area contributed by atoms with Gasteiger partial charge in [0, 0.05) is 0 Å². The average molecular weight is 208 g/mol. The van der Waals surface area contributed by atoms with Crippen molar-refractivity contribution in [2.45, 2.75) is 0 Å². The minimum absolute atomic E-state index is 1.61. The van der Waals surface area contributed by atoms with Gasteiger partial charge in [-0.1, -0.05) is 0 Å². The van der Waals surface area contributed by atoms with Gasteiger partial charge in [-0.25, -0.2) is 13.6 Å². The molecule has 0 spiro atoms. The largest absolute Gasteiger partial charge is 0.503 e. The van der Waals surface area contributed by atoms with Crippen molar-refractivity contribution in [3.05, 3.63) is 23.0 Å². The summed E-state index contributed by atoms with van der Waals surface area (Å²) in [6, 6.07) is 0. The van der Waals surface area contributed by atoms with E-state index in [1.807, 2.05) is 0 Å². The van der Waals surface area contributed by atoms with E-state index in [9.17, 15) is 18.0 Å². The predicted octanol–water partition coefficient (Wildman–Crippen LogP) is 1.21. The van der Waals surface area contributed by atoms with Crippen molar-refractivity contribution < 1.29 is 33.3 Å². The van der Waals surface area contributed by atoms with Crippen molar-refractivity contribution in [2.75, 3.05) is 0 Å². The van der Waals surface area contributed by atoms with E-state index < -0.39 is 40.5 Å². The lowest BCUT2D eigenvalue weighted by molar-refractivity contribution is 0.0683. The number of phenols is 2. The molecule has 7 heteroatoms. The maximum Gasteiger partial charge on any atom is 0.342 e. The Morgan fingerprint density at radius 2 is 1.29 bits per heavy atom. The molecule has 4 nitrogen and oxygen atoms in total. The van der Waals surface area contributed by atoms with Gasteiger partial charge in [-0.2, -0.15) is 4.39 Å². The molecule has 0 unspecified atom stereocenters. The number of hydrogen-bond donors (Lipinski definition) is 3. The van der Waals surface area contributed by atoms with Crippen molar-refractivity contribution in [3.63, 3.8) is 0 Å². The number of aromatic hydroxyl groups is 2. The van der Waals surface area contributed by atoms with Gasteiger partial charge < -0.3 is 15.3 Å². The Balaban J connectivity index is 3.68. The molecular weight excluding hydrogens is 205 g/mol. The van der Waals surface area contributed by atoms with Crippen LogP contribution in [0.1, 0.15) is 10.4 Å². The first-order valence-electron chi connectivity index (χ1n) is 3.19. The van der Waals surface area contributed by atoms with Gasteiger partial charge >= 0.3 is 5.97 Å². The molecule has 1 aromatic rings. The number of halogens is 3. The van der Waals surface area contributed by atoms with Crippen molar-refractivity contribution in [1.29, 1.82) is 0 Å². The van der Waals surface area contributed by atoms with Gasteiger partial charge in [0.1, 0.15) is 5.56 Å². The van der Waals surface area contributed by atoms with Crippen LogP contribution < -0.4 is 0 Å². The number of phenolic OH excluding ortho intramolecular Hbond substituents is 2. The lowest BCUT2D eigenvalue weighted by atomic mass is 10.1. The van der Waals surface area contributed by atoms with Gasteiger partial charge in [0.25, 0.3) is 0 Å². The van der Waals surface area contributed by atoms with Crippen molar-refractivity contribution in [2.24, 2.45) is 0 Å². The third-order valence-corrected chi connectivity index (χ3v) is 1.48. The molecule has 76 valence electrons. The molecule has 0 aliphatic carbocycles. The van der Waals surface area contributed by atoms with Crippen LogP contribution in [-0.2, 0) is 0 Å². The second-order valence-corrected chi connectivity index (χ2v) is 2.32. The van der Waals surface area contributed by atoms with Crippen LogP contribution in [0.25, 0.3) is 0 Å². The fourth-order valence-electron chi connectivity index (χ4n) is 0.826.